The quantitative estimate of drug-likeness (QED) is 0.591. The molecule has 0 aromatic heterocycles. The molecule has 2 aromatic carbocycles. The van der Waals surface area contributed by atoms with Crippen molar-refractivity contribution in [3.05, 3.63) is 65.2 Å². The zero-order valence-electron chi connectivity index (χ0n) is 9.55. The molecular weight excluding hydrogens is 226 g/mol. The molecule has 0 heterocycles. The highest BCUT2D eigenvalue weighted by Gasteiger charge is 1.99. The molecule has 2 rings (SSSR count). The Morgan fingerprint density at radius 3 is 1.78 bits per heavy atom. The van der Waals surface area contributed by atoms with Crippen LogP contribution in [0.1, 0.15) is 21.5 Å². The lowest BCUT2D eigenvalue weighted by Gasteiger charge is -1.94. The van der Waals surface area contributed by atoms with E-state index in [0.29, 0.717) is 5.69 Å². The monoisotopic (exact) mass is 237 g/mol. The smallest absolute Gasteiger partial charge is 0.335 e. The molecule has 88 valence electrons. The standard InChI is InChI=1S/C15H11NO2/c16-14-9-5-12(6-10-14)2-1-11-3-7-13(8-4-11)15(17)18/h3-10H,16H2,(H,17,18). The van der Waals surface area contributed by atoms with Crippen molar-refractivity contribution in [2.24, 2.45) is 0 Å². The largest absolute Gasteiger partial charge is 0.478 e. The molecule has 0 amide bonds. The van der Waals surface area contributed by atoms with Crippen LogP contribution in [-0.2, 0) is 0 Å². The summed E-state index contributed by atoms with van der Waals surface area (Å²) in [6.07, 6.45) is 0. The van der Waals surface area contributed by atoms with Gasteiger partial charge in [0, 0.05) is 16.8 Å². The molecule has 0 aliphatic heterocycles. The lowest BCUT2D eigenvalue weighted by molar-refractivity contribution is 0.0697. The SMILES string of the molecule is Nc1ccc(C#Cc2ccc(C(=O)O)cc2)cc1. The van der Waals surface area contributed by atoms with Crippen molar-refractivity contribution in [1.82, 2.24) is 0 Å². The number of hydrogen-bond donors (Lipinski definition) is 2. The van der Waals surface area contributed by atoms with E-state index in [9.17, 15) is 4.79 Å². The van der Waals surface area contributed by atoms with E-state index in [2.05, 4.69) is 11.8 Å². The van der Waals surface area contributed by atoms with Crippen LogP contribution in [0, 0.1) is 11.8 Å². The fourth-order valence-electron chi connectivity index (χ4n) is 1.41. The van der Waals surface area contributed by atoms with Gasteiger partial charge in [0.25, 0.3) is 0 Å². The minimum absolute atomic E-state index is 0.257. The van der Waals surface area contributed by atoms with Gasteiger partial charge in [-0.05, 0) is 48.5 Å². The summed E-state index contributed by atoms with van der Waals surface area (Å²) in [5.41, 5.74) is 8.17. The van der Waals surface area contributed by atoms with Gasteiger partial charge in [-0.15, -0.1) is 0 Å². The van der Waals surface area contributed by atoms with Gasteiger partial charge in [-0.1, -0.05) is 11.8 Å². The van der Waals surface area contributed by atoms with Gasteiger partial charge in [-0.2, -0.15) is 0 Å². The minimum Gasteiger partial charge on any atom is -0.478 e. The van der Waals surface area contributed by atoms with Gasteiger partial charge in [0.1, 0.15) is 0 Å². The summed E-state index contributed by atoms with van der Waals surface area (Å²) < 4.78 is 0. The summed E-state index contributed by atoms with van der Waals surface area (Å²) in [6, 6.07) is 13.7. The molecule has 0 saturated carbocycles. The molecule has 0 radical (unpaired) electrons. The molecule has 18 heavy (non-hydrogen) atoms. The first-order valence-corrected chi connectivity index (χ1v) is 5.36. The molecular formula is C15H11NO2. The van der Waals surface area contributed by atoms with E-state index in [1.54, 1.807) is 24.3 Å². The number of rotatable bonds is 1. The van der Waals surface area contributed by atoms with E-state index >= 15 is 0 Å². The maximum Gasteiger partial charge on any atom is 0.335 e. The van der Waals surface area contributed by atoms with Gasteiger partial charge >= 0.3 is 5.97 Å². The maximum atomic E-state index is 10.7. The van der Waals surface area contributed by atoms with E-state index in [-0.39, 0.29) is 5.56 Å². The van der Waals surface area contributed by atoms with Gasteiger partial charge in [-0.3, -0.25) is 0 Å². The van der Waals surface area contributed by atoms with Crippen LogP contribution in [0.25, 0.3) is 0 Å². The summed E-state index contributed by atoms with van der Waals surface area (Å²) >= 11 is 0. The molecule has 3 N–H and O–H groups in total. The Labute approximate surface area is 105 Å². The first-order valence-electron chi connectivity index (χ1n) is 5.36. The Morgan fingerprint density at radius 2 is 1.33 bits per heavy atom. The number of anilines is 1. The molecule has 3 heteroatoms. The highest BCUT2D eigenvalue weighted by molar-refractivity contribution is 5.87. The molecule has 0 bridgehead atoms. The van der Waals surface area contributed by atoms with E-state index in [1.165, 1.54) is 12.1 Å². The van der Waals surface area contributed by atoms with Crippen LogP contribution in [-0.4, -0.2) is 11.1 Å². The van der Waals surface area contributed by atoms with Crippen LogP contribution in [0.3, 0.4) is 0 Å². The molecule has 0 spiro atoms. The van der Waals surface area contributed by atoms with E-state index in [0.717, 1.165) is 11.1 Å². The molecule has 0 aliphatic carbocycles. The molecule has 0 fully saturated rings. The van der Waals surface area contributed by atoms with Gasteiger partial charge < -0.3 is 10.8 Å². The number of carboxylic acid groups (broad SMARTS) is 1. The fraction of sp³-hybridized carbons (Fsp3) is 0. The van der Waals surface area contributed by atoms with E-state index in [1.807, 2.05) is 12.1 Å². The number of benzene rings is 2. The molecule has 0 unspecified atom stereocenters. The van der Waals surface area contributed by atoms with Crippen molar-refractivity contribution >= 4 is 11.7 Å². The third kappa shape index (κ3) is 2.89. The van der Waals surface area contributed by atoms with Crippen molar-refractivity contribution in [3.63, 3.8) is 0 Å². The van der Waals surface area contributed by atoms with Crippen LogP contribution in [0.5, 0.6) is 0 Å². The fourth-order valence-corrected chi connectivity index (χ4v) is 1.41. The maximum absolute atomic E-state index is 10.7. The first kappa shape index (κ1) is 11.7. The number of carboxylic acids is 1. The third-order valence-electron chi connectivity index (χ3n) is 2.39. The second-order valence-electron chi connectivity index (χ2n) is 3.75. The van der Waals surface area contributed by atoms with Crippen LogP contribution in [0.4, 0.5) is 5.69 Å². The molecule has 0 atom stereocenters. The van der Waals surface area contributed by atoms with Crippen LogP contribution < -0.4 is 5.73 Å². The minimum atomic E-state index is -0.937. The van der Waals surface area contributed by atoms with Crippen LogP contribution >= 0.6 is 0 Å². The van der Waals surface area contributed by atoms with Gasteiger partial charge in [-0.25, -0.2) is 4.79 Å². The van der Waals surface area contributed by atoms with Crippen molar-refractivity contribution in [2.45, 2.75) is 0 Å². The number of nitrogens with two attached hydrogens (primary N) is 1. The zero-order chi connectivity index (χ0) is 13.0. The normalized spacial score (nSPS) is 9.33. The van der Waals surface area contributed by atoms with Crippen molar-refractivity contribution < 1.29 is 9.90 Å². The summed E-state index contributed by atoms with van der Waals surface area (Å²) in [5.74, 6) is 5.01. The Morgan fingerprint density at radius 1 is 0.889 bits per heavy atom. The lowest BCUT2D eigenvalue weighted by atomic mass is 10.1. The molecule has 2 aromatic rings. The Hall–Kier alpha value is -2.73. The molecule has 3 nitrogen and oxygen atoms in total. The summed E-state index contributed by atoms with van der Waals surface area (Å²) in [6.45, 7) is 0. The predicted octanol–water partition coefficient (Wildman–Crippen LogP) is 2.37. The number of carbonyl (C=O) groups is 1. The van der Waals surface area contributed by atoms with Gasteiger partial charge in [0.2, 0.25) is 0 Å². The Kier molecular flexibility index (Phi) is 3.31. The number of nitrogen functional groups attached to an aromatic ring is 1. The highest BCUT2D eigenvalue weighted by Crippen LogP contribution is 2.06. The average molecular weight is 237 g/mol. The average Bonchev–Trinajstić information content (AvgIpc) is 2.38. The first-order chi connectivity index (χ1) is 8.65. The number of aromatic carboxylic acids is 1. The second-order valence-corrected chi connectivity index (χ2v) is 3.75. The highest BCUT2D eigenvalue weighted by atomic mass is 16.4. The number of hydrogen-bond acceptors (Lipinski definition) is 2. The Bertz CT molecular complexity index is 616. The van der Waals surface area contributed by atoms with Crippen molar-refractivity contribution in [2.75, 3.05) is 5.73 Å². The molecule has 0 saturated heterocycles. The van der Waals surface area contributed by atoms with E-state index < -0.39 is 5.97 Å². The second kappa shape index (κ2) is 5.07. The topological polar surface area (TPSA) is 63.3 Å². The lowest BCUT2D eigenvalue weighted by Crippen LogP contribution is -1.94. The predicted molar refractivity (Wildman–Crippen MR) is 70.2 cm³/mol. The van der Waals surface area contributed by atoms with Crippen LogP contribution in [0.2, 0.25) is 0 Å². The molecule has 0 aliphatic rings. The van der Waals surface area contributed by atoms with Crippen LogP contribution in [0.15, 0.2) is 48.5 Å². The van der Waals surface area contributed by atoms with E-state index in [4.69, 9.17) is 10.8 Å². The van der Waals surface area contributed by atoms with Crippen molar-refractivity contribution in [3.8, 4) is 11.8 Å². The summed E-state index contributed by atoms with van der Waals surface area (Å²) in [4.78, 5) is 10.7. The Balaban J connectivity index is 2.19. The summed E-state index contributed by atoms with van der Waals surface area (Å²) in [7, 11) is 0. The van der Waals surface area contributed by atoms with Gasteiger partial charge in [0.15, 0.2) is 0 Å². The van der Waals surface area contributed by atoms with Crippen molar-refractivity contribution in [1.29, 1.82) is 0 Å². The zero-order valence-corrected chi connectivity index (χ0v) is 9.55. The van der Waals surface area contributed by atoms with Gasteiger partial charge in [0.05, 0.1) is 5.56 Å². The third-order valence-corrected chi connectivity index (χ3v) is 2.39. The summed E-state index contributed by atoms with van der Waals surface area (Å²) in [5, 5.41) is 8.76.